The zero-order valence-corrected chi connectivity index (χ0v) is 12.2. The second-order valence-corrected chi connectivity index (χ2v) is 7.18. The quantitative estimate of drug-likeness (QED) is 0.877. The van der Waals surface area contributed by atoms with Crippen molar-refractivity contribution in [2.24, 2.45) is 5.41 Å². The van der Waals surface area contributed by atoms with Crippen molar-refractivity contribution in [2.75, 3.05) is 0 Å². The highest BCUT2D eigenvalue weighted by Gasteiger charge is 2.46. The lowest BCUT2D eigenvalue weighted by Crippen LogP contribution is -2.37. The minimum atomic E-state index is 0.542. The zero-order valence-electron chi connectivity index (χ0n) is 10.6. The Morgan fingerprint density at radius 1 is 1.29 bits per heavy atom. The summed E-state index contributed by atoms with van der Waals surface area (Å²) in [5.41, 5.74) is 3.61. The van der Waals surface area contributed by atoms with Gasteiger partial charge in [0.2, 0.25) is 0 Å². The molecule has 92 valence electrons. The number of hydrogen-bond donors (Lipinski definition) is 1. The molecule has 1 saturated carbocycles. The molecule has 2 aliphatic rings. The van der Waals surface area contributed by atoms with Crippen molar-refractivity contribution >= 4 is 15.9 Å². The van der Waals surface area contributed by atoms with Crippen LogP contribution < -0.4 is 5.32 Å². The second kappa shape index (κ2) is 4.10. The Morgan fingerprint density at radius 2 is 2.06 bits per heavy atom. The molecule has 0 heterocycles. The maximum Gasteiger partial charge on any atom is 0.0178 e. The molecule has 2 aliphatic carbocycles. The summed E-state index contributed by atoms with van der Waals surface area (Å²) in [5, 5.41) is 3.83. The number of benzene rings is 1. The van der Waals surface area contributed by atoms with Gasteiger partial charge in [-0.3, -0.25) is 0 Å². The van der Waals surface area contributed by atoms with Gasteiger partial charge in [-0.1, -0.05) is 35.8 Å². The van der Waals surface area contributed by atoms with Crippen LogP contribution in [-0.4, -0.2) is 12.1 Å². The van der Waals surface area contributed by atoms with Crippen LogP contribution >= 0.6 is 15.9 Å². The molecule has 0 aliphatic heterocycles. The number of rotatable bonds is 2. The molecule has 0 radical (unpaired) electrons. The Morgan fingerprint density at radius 3 is 2.76 bits per heavy atom. The molecule has 0 aromatic heterocycles. The third-order valence-electron chi connectivity index (χ3n) is 4.35. The van der Waals surface area contributed by atoms with Crippen molar-refractivity contribution in [1.82, 2.24) is 5.32 Å². The van der Waals surface area contributed by atoms with Crippen LogP contribution in [0.15, 0.2) is 22.7 Å². The molecule has 2 heteroatoms. The Balaban J connectivity index is 1.67. The summed E-state index contributed by atoms with van der Waals surface area (Å²) in [5.74, 6) is 0. The van der Waals surface area contributed by atoms with E-state index in [0.29, 0.717) is 11.5 Å². The Hall–Kier alpha value is -0.340. The van der Waals surface area contributed by atoms with E-state index < -0.39 is 0 Å². The van der Waals surface area contributed by atoms with Gasteiger partial charge in [0.05, 0.1) is 0 Å². The minimum Gasteiger partial charge on any atom is -0.310 e. The van der Waals surface area contributed by atoms with E-state index in [-0.39, 0.29) is 0 Å². The molecular weight excluding hydrogens is 274 g/mol. The highest BCUT2D eigenvalue weighted by atomic mass is 79.9. The number of nitrogens with one attached hydrogen (secondary N) is 1. The molecule has 2 unspecified atom stereocenters. The predicted octanol–water partition coefficient (Wildman–Crippen LogP) is 3.69. The van der Waals surface area contributed by atoms with E-state index in [1.165, 1.54) is 41.3 Å². The fourth-order valence-corrected chi connectivity index (χ4v) is 3.31. The van der Waals surface area contributed by atoms with Crippen molar-refractivity contribution in [1.29, 1.82) is 0 Å². The second-order valence-electron chi connectivity index (χ2n) is 6.26. The Labute approximate surface area is 112 Å². The van der Waals surface area contributed by atoms with Gasteiger partial charge in [0.25, 0.3) is 0 Å². The van der Waals surface area contributed by atoms with Crippen LogP contribution in [0.4, 0.5) is 0 Å². The molecule has 0 saturated heterocycles. The third kappa shape index (κ3) is 2.43. The van der Waals surface area contributed by atoms with Crippen LogP contribution in [0.3, 0.4) is 0 Å². The van der Waals surface area contributed by atoms with Gasteiger partial charge < -0.3 is 5.32 Å². The van der Waals surface area contributed by atoms with E-state index >= 15 is 0 Å². The first-order valence-corrected chi connectivity index (χ1v) is 7.37. The maximum absolute atomic E-state index is 3.83. The van der Waals surface area contributed by atoms with Crippen LogP contribution in [0.25, 0.3) is 0 Å². The number of halogens is 1. The maximum atomic E-state index is 3.83. The Bertz CT molecular complexity index is 439. The molecule has 0 spiro atoms. The van der Waals surface area contributed by atoms with Crippen molar-refractivity contribution in [3.8, 4) is 0 Å². The monoisotopic (exact) mass is 293 g/mol. The molecule has 0 amide bonds. The zero-order chi connectivity index (χ0) is 12.0. The van der Waals surface area contributed by atoms with Gasteiger partial charge in [-0.15, -0.1) is 0 Å². The van der Waals surface area contributed by atoms with Crippen LogP contribution in [0, 0.1) is 5.41 Å². The van der Waals surface area contributed by atoms with Gasteiger partial charge >= 0.3 is 0 Å². The van der Waals surface area contributed by atoms with Gasteiger partial charge in [-0.05, 0) is 54.4 Å². The lowest BCUT2D eigenvalue weighted by molar-refractivity contribution is 0.422. The first-order chi connectivity index (χ1) is 8.04. The summed E-state index contributed by atoms with van der Waals surface area (Å²) in [7, 11) is 0. The summed E-state index contributed by atoms with van der Waals surface area (Å²) >= 11 is 3.56. The molecule has 1 N–H and O–H groups in total. The summed E-state index contributed by atoms with van der Waals surface area (Å²) in [6, 6.07) is 8.18. The smallest absolute Gasteiger partial charge is 0.0178 e. The first-order valence-electron chi connectivity index (χ1n) is 6.58. The number of aryl methyl sites for hydroxylation is 1. The Kier molecular flexibility index (Phi) is 2.83. The van der Waals surface area contributed by atoms with E-state index in [0.717, 1.165) is 6.04 Å². The van der Waals surface area contributed by atoms with Crippen LogP contribution in [0.5, 0.6) is 0 Å². The molecule has 1 aromatic carbocycles. The van der Waals surface area contributed by atoms with Gasteiger partial charge in [-0.25, -0.2) is 0 Å². The average molecular weight is 294 g/mol. The normalized spacial score (nSPS) is 29.8. The van der Waals surface area contributed by atoms with Crippen molar-refractivity contribution in [3.05, 3.63) is 33.8 Å². The molecule has 1 fully saturated rings. The molecular formula is C15H20BrN. The van der Waals surface area contributed by atoms with Crippen molar-refractivity contribution < 1.29 is 0 Å². The van der Waals surface area contributed by atoms with Crippen molar-refractivity contribution in [3.63, 3.8) is 0 Å². The van der Waals surface area contributed by atoms with Crippen molar-refractivity contribution in [2.45, 2.75) is 51.6 Å². The summed E-state index contributed by atoms with van der Waals surface area (Å²) < 4.78 is 1.21. The summed E-state index contributed by atoms with van der Waals surface area (Å²) in [6.45, 7) is 4.72. The molecule has 1 aromatic rings. The third-order valence-corrected chi connectivity index (χ3v) is 4.84. The first kappa shape index (κ1) is 11.7. The molecule has 0 bridgehead atoms. The van der Waals surface area contributed by atoms with Crippen LogP contribution in [0.1, 0.15) is 37.8 Å². The van der Waals surface area contributed by atoms with E-state index in [1.54, 1.807) is 0 Å². The predicted molar refractivity (Wildman–Crippen MR) is 75.3 cm³/mol. The van der Waals surface area contributed by atoms with Crippen LogP contribution in [0.2, 0.25) is 0 Å². The van der Waals surface area contributed by atoms with Crippen LogP contribution in [-0.2, 0) is 12.8 Å². The van der Waals surface area contributed by atoms with E-state index in [1.807, 2.05) is 0 Å². The molecule has 1 nitrogen and oxygen atoms in total. The van der Waals surface area contributed by atoms with Gasteiger partial charge in [0.1, 0.15) is 0 Å². The average Bonchev–Trinajstić information content (AvgIpc) is 2.86. The van der Waals surface area contributed by atoms with Gasteiger partial charge in [0.15, 0.2) is 0 Å². The minimum absolute atomic E-state index is 0.542. The molecule has 3 rings (SSSR count). The standard InChI is InChI=1S/C15H20BrN/c1-15(2)9-14(15)17-13-6-4-10-7-12(16)5-3-11(10)8-13/h3,5,7,13-14,17H,4,6,8-9H2,1-2H3. The lowest BCUT2D eigenvalue weighted by atomic mass is 9.88. The lowest BCUT2D eigenvalue weighted by Gasteiger charge is -2.26. The van der Waals surface area contributed by atoms with E-state index in [4.69, 9.17) is 0 Å². The highest BCUT2D eigenvalue weighted by molar-refractivity contribution is 9.10. The number of fused-ring (bicyclic) bond motifs is 1. The molecule has 2 atom stereocenters. The topological polar surface area (TPSA) is 12.0 Å². The van der Waals surface area contributed by atoms with Gasteiger partial charge in [-0.2, -0.15) is 0 Å². The highest BCUT2D eigenvalue weighted by Crippen LogP contribution is 2.45. The van der Waals surface area contributed by atoms with Gasteiger partial charge in [0, 0.05) is 16.6 Å². The fraction of sp³-hybridized carbons (Fsp3) is 0.600. The summed E-state index contributed by atoms with van der Waals surface area (Å²) in [4.78, 5) is 0. The summed E-state index contributed by atoms with van der Waals surface area (Å²) in [6.07, 6.45) is 5.06. The SMILES string of the molecule is CC1(C)CC1NC1CCc2cc(Br)ccc2C1. The fourth-order valence-electron chi connectivity index (χ4n) is 2.90. The molecule has 17 heavy (non-hydrogen) atoms. The largest absolute Gasteiger partial charge is 0.310 e. The number of hydrogen-bond acceptors (Lipinski definition) is 1. The van der Waals surface area contributed by atoms with E-state index in [2.05, 4.69) is 53.3 Å². The van der Waals surface area contributed by atoms with E-state index in [9.17, 15) is 0 Å².